The molecule has 0 heterocycles. The molecule has 0 bridgehead atoms. The minimum Gasteiger partial charge on any atom is -0.469 e. The van der Waals surface area contributed by atoms with Gasteiger partial charge >= 0.3 is 5.97 Å². The van der Waals surface area contributed by atoms with Gasteiger partial charge in [-0.15, -0.1) is 0 Å². The predicted molar refractivity (Wildman–Crippen MR) is 102 cm³/mol. The highest BCUT2D eigenvalue weighted by atomic mass is 16.5. The Morgan fingerprint density at radius 2 is 2.04 bits per heavy atom. The summed E-state index contributed by atoms with van der Waals surface area (Å²) in [4.78, 5) is 11.6. The maximum atomic E-state index is 11.6. The van der Waals surface area contributed by atoms with Crippen LogP contribution in [0.2, 0.25) is 0 Å². The van der Waals surface area contributed by atoms with Crippen molar-refractivity contribution in [3.05, 3.63) is 11.6 Å². The number of allylic oxidation sites excluding steroid dienone is 1. The molecule has 1 saturated carbocycles. The second-order valence-electron chi connectivity index (χ2n) is 9.20. The van der Waals surface area contributed by atoms with Crippen LogP contribution in [0, 0.1) is 28.6 Å². The second kappa shape index (κ2) is 7.82. The fraction of sp³-hybridized carbons (Fsp3) is 0.864. The van der Waals surface area contributed by atoms with Crippen molar-refractivity contribution in [2.24, 2.45) is 28.6 Å². The Balaban J connectivity index is 2.18. The third-order valence-electron chi connectivity index (χ3n) is 7.81. The Labute approximate surface area is 154 Å². The Hall–Kier alpha value is -0.830. The van der Waals surface area contributed by atoms with Gasteiger partial charge in [-0.05, 0) is 67.6 Å². The lowest BCUT2D eigenvalue weighted by molar-refractivity contribution is -0.141. The summed E-state index contributed by atoms with van der Waals surface area (Å²) < 4.78 is 10.6. The second-order valence-corrected chi connectivity index (χ2v) is 9.20. The van der Waals surface area contributed by atoms with Crippen LogP contribution in [0.5, 0.6) is 0 Å². The Bertz CT molecular complexity index is 511. The molecular weight excluding hydrogens is 312 g/mol. The summed E-state index contributed by atoms with van der Waals surface area (Å²) in [5.74, 6) is 1.64. The van der Waals surface area contributed by atoms with E-state index in [-0.39, 0.29) is 12.1 Å². The van der Waals surface area contributed by atoms with Crippen molar-refractivity contribution < 1.29 is 14.3 Å². The molecule has 0 aromatic rings. The number of methoxy groups -OCH3 is 2. The highest BCUT2D eigenvalue weighted by Crippen LogP contribution is 2.62. The molecule has 6 atom stereocenters. The topological polar surface area (TPSA) is 35.5 Å². The molecule has 0 amide bonds. The number of rotatable bonds is 6. The lowest BCUT2D eigenvalue weighted by Gasteiger charge is -2.59. The monoisotopic (exact) mass is 350 g/mol. The minimum absolute atomic E-state index is 0.0879. The van der Waals surface area contributed by atoms with Gasteiger partial charge < -0.3 is 9.47 Å². The molecule has 0 saturated heterocycles. The molecule has 2 aliphatic rings. The van der Waals surface area contributed by atoms with Gasteiger partial charge in [0, 0.05) is 13.5 Å². The van der Waals surface area contributed by atoms with Crippen LogP contribution in [-0.4, -0.2) is 26.3 Å². The van der Waals surface area contributed by atoms with E-state index in [2.05, 4.69) is 40.7 Å². The van der Waals surface area contributed by atoms with E-state index in [1.807, 2.05) is 7.11 Å². The fourth-order valence-electron chi connectivity index (χ4n) is 5.47. The molecule has 3 nitrogen and oxygen atoms in total. The van der Waals surface area contributed by atoms with Gasteiger partial charge in [-0.1, -0.05) is 39.3 Å². The van der Waals surface area contributed by atoms with Gasteiger partial charge in [-0.3, -0.25) is 4.79 Å². The molecule has 0 aromatic heterocycles. The van der Waals surface area contributed by atoms with E-state index in [9.17, 15) is 4.79 Å². The molecule has 0 aliphatic heterocycles. The highest BCUT2D eigenvalue weighted by Gasteiger charge is 2.54. The lowest BCUT2D eigenvalue weighted by atomic mass is 9.46. The summed E-state index contributed by atoms with van der Waals surface area (Å²) in [5.41, 5.74) is 2.10. The summed E-state index contributed by atoms with van der Waals surface area (Å²) in [6.45, 7) is 11.9. The molecule has 0 N–H and O–H groups in total. The predicted octanol–water partition coefficient (Wildman–Crippen LogP) is 5.39. The third-order valence-corrected chi connectivity index (χ3v) is 7.81. The molecule has 3 heteroatoms. The maximum Gasteiger partial charge on any atom is 0.305 e. The van der Waals surface area contributed by atoms with Crippen LogP contribution in [0.3, 0.4) is 0 Å². The molecule has 1 fully saturated rings. The molecule has 6 unspecified atom stereocenters. The maximum absolute atomic E-state index is 11.6. The Morgan fingerprint density at radius 1 is 1.36 bits per heavy atom. The van der Waals surface area contributed by atoms with Crippen molar-refractivity contribution in [3.8, 4) is 0 Å². The van der Waals surface area contributed by atoms with Crippen molar-refractivity contribution >= 4 is 5.97 Å². The molecule has 25 heavy (non-hydrogen) atoms. The van der Waals surface area contributed by atoms with E-state index in [1.54, 1.807) is 0 Å². The van der Waals surface area contributed by atoms with Crippen molar-refractivity contribution in [3.63, 3.8) is 0 Å². The van der Waals surface area contributed by atoms with Gasteiger partial charge in [0.15, 0.2) is 0 Å². The minimum atomic E-state index is -0.0879. The first-order valence-electron chi connectivity index (χ1n) is 9.96. The van der Waals surface area contributed by atoms with Gasteiger partial charge in [-0.25, -0.2) is 0 Å². The Kier molecular flexibility index (Phi) is 6.40. The van der Waals surface area contributed by atoms with Crippen LogP contribution >= 0.6 is 0 Å². The van der Waals surface area contributed by atoms with Gasteiger partial charge in [0.25, 0.3) is 0 Å². The number of carbonyl (C=O) groups excluding carboxylic acids is 1. The van der Waals surface area contributed by atoms with Crippen molar-refractivity contribution in [1.29, 1.82) is 0 Å². The number of hydrogen-bond donors (Lipinski definition) is 0. The average molecular weight is 351 g/mol. The smallest absolute Gasteiger partial charge is 0.305 e. The van der Waals surface area contributed by atoms with Crippen LogP contribution < -0.4 is 0 Å². The van der Waals surface area contributed by atoms with Gasteiger partial charge in [0.2, 0.25) is 0 Å². The summed E-state index contributed by atoms with van der Waals surface area (Å²) in [6.07, 6.45) is 9.09. The molecule has 144 valence electrons. The van der Waals surface area contributed by atoms with Gasteiger partial charge in [0.1, 0.15) is 0 Å². The van der Waals surface area contributed by atoms with Crippen LogP contribution in [0.1, 0.15) is 73.1 Å². The molecule has 2 aliphatic carbocycles. The van der Waals surface area contributed by atoms with E-state index in [0.29, 0.717) is 35.0 Å². The van der Waals surface area contributed by atoms with E-state index in [0.717, 1.165) is 12.8 Å². The lowest BCUT2D eigenvalue weighted by Crippen LogP contribution is -2.51. The van der Waals surface area contributed by atoms with E-state index in [1.165, 1.54) is 31.9 Å². The number of hydrogen-bond acceptors (Lipinski definition) is 3. The number of esters is 1. The number of fused-ring (bicyclic) bond motifs is 1. The van der Waals surface area contributed by atoms with Crippen molar-refractivity contribution in [2.45, 2.75) is 79.2 Å². The molecule has 2 rings (SSSR count). The average Bonchev–Trinajstić information content (AvgIpc) is 2.58. The molecule has 0 radical (unpaired) electrons. The number of ether oxygens (including phenoxy) is 2. The van der Waals surface area contributed by atoms with E-state index >= 15 is 0 Å². The van der Waals surface area contributed by atoms with Crippen LogP contribution in [0.15, 0.2) is 11.6 Å². The molecule has 0 aromatic carbocycles. The quantitative estimate of drug-likeness (QED) is 0.476. The molecular formula is C22H38O3. The first-order valence-corrected chi connectivity index (χ1v) is 9.96. The summed E-state index contributed by atoms with van der Waals surface area (Å²) >= 11 is 0. The first kappa shape index (κ1) is 20.5. The largest absolute Gasteiger partial charge is 0.469 e. The highest BCUT2D eigenvalue weighted by molar-refractivity contribution is 5.69. The van der Waals surface area contributed by atoms with E-state index < -0.39 is 0 Å². The zero-order chi connectivity index (χ0) is 18.8. The van der Waals surface area contributed by atoms with E-state index in [4.69, 9.17) is 9.47 Å². The van der Waals surface area contributed by atoms with Gasteiger partial charge in [-0.2, -0.15) is 0 Å². The summed E-state index contributed by atoms with van der Waals surface area (Å²) in [5, 5.41) is 0. The summed E-state index contributed by atoms with van der Waals surface area (Å²) in [6, 6.07) is 0. The normalized spacial score (nSPS) is 39.3. The van der Waals surface area contributed by atoms with Crippen molar-refractivity contribution in [1.82, 2.24) is 0 Å². The fourth-order valence-corrected chi connectivity index (χ4v) is 5.47. The summed E-state index contributed by atoms with van der Waals surface area (Å²) in [7, 11) is 3.31. The molecule has 0 spiro atoms. The van der Waals surface area contributed by atoms with Crippen LogP contribution in [-0.2, 0) is 14.3 Å². The first-order chi connectivity index (χ1) is 11.7. The van der Waals surface area contributed by atoms with Crippen LogP contribution in [0.4, 0.5) is 0 Å². The SMILES string of the molecule is COC(=O)CC(C)CCC1(C)C(C)CCC2(C)C(C)=CC(OC)CC21. The van der Waals surface area contributed by atoms with Crippen LogP contribution in [0.25, 0.3) is 0 Å². The standard InChI is InChI=1S/C22H38O3/c1-15(12-20(23)25-7)8-10-21(4)16(2)9-11-22(5)17(3)13-18(24-6)14-19(21)22/h13,15-16,18-19H,8-12,14H2,1-7H3. The third kappa shape index (κ3) is 3.97. The zero-order valence-corrected chi connectivity index (χ0v) is 17.4. The zero-order valence-electron chi connectivity index (χ0n) is 17.4. The van der Waals surface area contributed by atoms with Gasteiger partial charge in [0.05, 0.1) is 13.2 Å². The number of carbonyl (C=O) groups is 1. The van der Waals surface area contributed by atoms with Crippen molar-refractivity contribution in [2.75, 3.05) is 14.2 Å². The Morgan fingerprint density at radius 3 is 2.64 bits per heavy atom.